The predicted octanol–water partition coefficient (Wildman–Crippen LogP) is 2.45. The Balaban J connectivity index is 1.37. The molecule has 8 nitrogen and oxygen atoms in total. The molecule has 0 saturated carbocycles. The lowest BCUT2D eigenvalue weighted by Crippen LogP contribution is -2.37. The average Bonchev–Trinajstić information content (AvgIpc) is 3.30. The molecule has 1 fully saturated rings. The Kier molecular flexibility index (Phi) is 4.35. The Morgan fingerprint density at radius 2 is 2.20 bits per heavy atom. The van der Waals surface area contributed by atoms with Crippen LogP contribution < -0.4 is 0 Å². The van der Waals surface area contributed by atoms with Gasteiger partial charge in [-0.2, -0.15) is 10.1 Å². The Morgan fingerprint density at radius 1 is 1.28 bits per heavy atom. The van der Waals surface area contributed by atoms with Crippen LogP contribution in [-0.2, 0) is 13.1 Å². The number of furan rings is 1. The van der Waals surface area contributed by atoms with Crippen LogP contribution in [0.25, 0.3) is 11.6 Å². The highest BCUT2D eigenvalue weighted by Crippen LogP contribution is 2.21. The van der Waals surface area contributed by atoms with Crippen LogP contribution in [-0.4, -0.2) is 42.9 Å². The van der Waals surface area contributed by atoms with Gasteiger partial charge in [0, 0.05) is 13.1 Å². The first-order valence-corrected chi connectivity index (χ1v) is 8.64. The summed E-state index contributed by atoms with van der Waals surface area (Å²) in [5.41, 5.74) is 0. The minimum Gasteiger partial charge on any atom is -0.461 e. The lowest BCUT2D eigenvalue weighted by atomic mass is 9.98. The van der Waals surface area contributed by atoms with E-state index in [1.165, 1.54) is 6.42 Å². The highest BCUT2D eigenvalue weighted by atomic mass is 16.5. The molecule has 0 bridgehead atoms. The third-order valence-electron chi connectivity index (χ3n) is 4.57. The normalized spacial score (nSPS) is 18.7. The fourth-order valence-electron chi connectivity index (χ4n) is 3.44. The quantitative estimate of drug-likeness (QED) is 0.704. The van der Waals surface area contributed by atoms with Gasteiger partial charge in [-0.05, 0) is 51.3 Å². The van der Waals surface area contributed by atoms with Gasteiger partial charge in [-0.1, -0.05) is 5.16 Å². The van der Waals surface area contributed by atoms with Gasteiger partial charge in [0.2, 0.25) is 11.7 Å². The van der Waals surface area contributed by atoms with Crippen molar-refractivity contribution in [2.24, 2.45) is 5.92 Å². The molecule has 8 heteroatoms. The Hall–Kier alpha value is -2.48. The zero-order valence-corrected chi connectivity index (χ0v) is 14.6. The number of nitrogens with zero attached hydrogens (tertiary/aromatic N) is 6. The topological polar surface area (TPSA) is 86.0 Å². The van der Waals surface area contributed by atoms with Crippen molar-refractivity contribution in [2.75, 3.05) is 13.1 Å². The highest BCUT2D eigenvalue weighted by molar-refractivity contribution is 5.44. The van der Waals surface area contributed by atoms with E-state index < -0.39 is 0 Å². The molecule has 1 atom stereocenters. The summed E-state index contributed by atoms with van der Waals surface area (Å²) in [5, 5.41) is 8.48. The molecule has 0 aromatic carbocycles. The summed E-state index contributed by atoms with van der Waals surface area (Å²) in [6.45, 7) is 7.56. The van der Waals surface area contributed by atoms with E-state index in [0.717, 1.165) is 37.7 Å². The molecule has 0 amide bonds. The van der Waals surface area contributed by atoms with Crippen LogP contribution >= 0.6 is 0 Å². The summed E-state index contributed by atoms with van der Waals surface area (Å²) in [6.07, 6.45) is 3.97. The molecule has 25 heavy (non-hydrogen) atoms. The lowest BCUT2D eigenvalue weighted by molar-refractivity contribution is 0.138. The summed E-state index contributed by atoms with van der Waals surface area (Å²) in [7, 11) is 0. The van der Waals surface area contributed by atoms with Gasteiger partial charge in [-0.15, -0.1) is 0 Å². The van der Waals surface area contributed by atoms with E-state index in [-0.39, 0.29) is 0 Å². The third-order valence-corrected chi connectivity index (χ3v) is 4.57. The molecule has 3 aromatic rings. The van der Waals surface area contributed by atoms with Crippen LogP contribution in [0.15, 0.2) is 27.3 Å². The minimum absolute atomic E-state index is 0.502. The van der Waals surface area contributed by atoms with E-state index in [0.29, 0.717) is 29.9 Å². The van der Waals surface area contributed by atoms with Gasteiger partial charge in [0.25, 0.3) is 0 Å². The van der Waals surface area contributed by atoms with E-state index in [9.17, 15) is 0 Å². The maximum atomic E-state index is 5.38. The molecule has 1 aliphatic heterocycles. The van der Waals surface area contributed by atoms with Crippen LogP contribution in [0.5, 0.6) is 0 Å². The summed E-state index contributed by atoms with van der Waals surface area (Å²) in [4.78, 5) is 11.2. The lowest BCUT2D eigenvalue weighted by Gasteiger charge is -2.31. The second-order valence-electron chi connectivity index (χ2n) is 6.62. The molecular weight excluding hydrogens is 320 g/mol. The molecule has 4 rings (SSSR count). The maximum Gasteiger partial charge on any atom is 0.241 e. The van der Waals surface area contributed by atoms with E-state index in [1.54, 1.807) is 6.26 Å². The van der Waals surface area contributed by atoms with Crippen molar-refractivity contribution in [3.8, 4) is 11.6 Å². The zero-order chi connectivity index (χ0) is 17.2. The van der Waals surface area contributed by atoms with Crippen LogP contribution in [0, 0.1) is 19.8 Å². The van der Waals surface area contributed by atoms with Crippen molar-refractivity contribution in [1.29, 1.82) is 0 Å². The van der Waals surface area contributed by atoms with Gasteiger partial charge in [0.05, 0.1) is 12.8 Å². The van der Waals surface area contributed by atoms with Crippen molar-refractivity contribution in [1.82, 2.24) is 29.8 Å². The van der Waals surface area contributed by atoms with Gasteiger partial charge in [0.1, 0.15) is 11.6 Å². The third kappa shape index (κ3) is 3.63. The van der Waals surface area contributed by atoms with Crippen LogP contribution in [0.3, 0.4) is 0 Å². The van der Waals surface area contributed by atoms with Crippen LogP contribution in [0.1, 0.15) is 30.4 Å². The number of hydrogen-bond acceptors (Lipinski definition) is 7. The number of likely N-dealkylation sites (tertiary alicyclic amines) is 1. The second kappa shape index (κ2) is 6.79. The number of aryl methyl sites for hydroxylation is 2. The first kappa shape index (κ1) is 16.0. The molecule has 1 saturated heterocycles. The highest BCUT2D eigenvalue weighted by Gasteiger charge is 2.23. The molecule has 3 aromatic heterocycles. The fraction of sp³-hybridized carbons (Fsp3) is 0.529. The molecule has 4 heterocycles. The van der Waals surface area contributed by atoms with Crippen molar-refractivity contribution in [3.63, 3.8) is 0 Å². The number of aromatic nitrogens is 5. The summed E-state index contributed by atoms with van der Waals surface area (Å²) in [5.74, 6) is 4.13. The molecule has 0 N–H and O–H groups in total. The van der Waals surface area contributed by atoms with Gasteiger partial charge in [0.15, 0.2) is 5.76 Å². The molecule has 1 aliphatic rings. The molecule has 0 spiro atoms. The summed E-state index contributed by atoms with van der Waals surface area (Å²) >= 11 is 0. The Morgan fingerprint density at radius 3 is 2.96 bits per heavy atom. The van der Waals surface area contributed by atoms with E-state index in [2.05, 4.69) is 25.1 Å². The van der Waals surface area contributed by atoms with E-state index >= 15 is 0 Å². The number of hydrogen-bond donors (Lipinski definition) is 0. The minimum atomic E-state index is 0.502. The molecule has 0 radical (unpaired) electrons. The smallest absolute Gasteiger partial charge is 0.241 e. The zero-order valence-electron chi connectivity index (χ0n) is 14.6. The molecule has 132 valence electrons. The fourth-order valence-corrected chi connectivity index (χ4v) is 3.44. The van der Waals surface area contributed by atoms with Crippen LogP contribution in [0.4, 0.5) is 0 Å². The van der Waals surface area contributed by atoms with E-state index in [1.807, 2.05) is 30.7 Å². The largest absolute Gasteiger partial charge is 0.461 e. The average molecular weight is 342 g/mol. The van der Waals surface area contributed by atoms with Crippen molar-refractivity contribution >= 4 is 0 Å². The maximum absolute atomic E-state index is 5.38. The standard InChI is InChI=1S/C17H22N6O2/c1-12-18-13(2)23(20-12)10-14-5-3-7-22(9-14)11-16-19-17(21-25-16)15-6-4-8-24-15/h4,6,8,14H,3,5,7,9-11H2,1-2H3. The predicted molar refractivity (Wildman–Crippen MR) is 89.5 cm³/mol. The van der Waals surface area contributed by atoms with Crippen molar-refractivity contribution in [2.45, 2.75) is 39.8 Å². The van der Waals surface area contributed by atoms with Gasteiger partial charge < -0.3 is 8.94 Å². The first-order chi connectivity index (χ1) is 12.2. The van der Waals surface area contributed by atoms with Crippen molar-refractivity contribution in [3.05, 3.63) is 35.9 Å². The molecular formula is C17H22N6O2. The van der Waals surface area contributed by atoms with Gasteiger partial charge >= 0.3 is 0 Å². The number of rotatable bonds is 5. The molecule has 0 aliphatic carbocycles. The monoisotopic (exact) mass is 342 g/mol. The van der Waals surface area contributed by atoms with Gasteiger partial charge in [-0.25, -0.2) is 9.67 Å². The van der Waals surface area contributed by atoms with E-state index in [4.69, 9.17) is 8.94 Å². The first-order valence-electron chi connectivity index (χ1n) is 8.64. The SMILES string of the molecule is Cc1nc(C)n(CC2CCCN(Cc3nc(-c4ccco4)no3)C2)n1. The summed E-state index contributed by atoms with van der Waals surface area (Å²) in [6, 6.07) is 3.64. The Bertz CT molecular complexity index is 822. The molecule has 1 unspecified atom stereocenters. The van der Waals surface area contributed by atoms with Crippen LogP contribution in [0.2, 0.25) is 0 Å². The summed E-state index contributed by atoms with van der Waals surface area (Å²) < 4.78 is 12.7. The second-order valence-corrected chi connectivity index (χ2v) is 6.62. The Labute approximate surface area is 145 Å². The van der Waals surface area contributed by atoms with Crippen molar-refractivity contribution < 1.29 is 8.94 Å². The number of piperidine rings is 1. The van der Waals surface area contributed by atoms with Gasteiger partial charge in [-0.3, -0.25) is 4.90 Å².